The van der Waals surface area contributed by atoms with Crippen molar-refractivity contribution >= 4 is 15.9 Å². The summed E-state index contributed by atoms with van der Waals surface area (Å²) < 4.78 is 1.12. The summed E-state index contributed by atoms with van der Waals surface area (Å²) in [6, 6.07) is 6.08. The van der Waals surface area contributed by atoms with E-state index in [1.54, 1.807) is 0 Å². The van der Waals surface area contributed by atoms with Gasteiger partial charge in [0, 0.05) is 10.0 Å². The summed E-state index contributed by atoms with van der Waals surface area (Å²) in [6.45, 7) is 4.42. The van der Waals surface area contributed by atoms with Gasteiger partial charge in [-0.15, -0.1) is 6.42 Å². The average Bonchev–Trinajstić information content (AvgIpc) is 2.08. The van der Waals surface area contributed by atoms with Gasteiger partial charge in [0.2, 0.25) is 0 Å². The molecule has 0 heterocycles. The maximum Gasteiger partial charge on any atom is 0.0254 e. The van der Waals surface area contributed by atoms with Crippen LogP contribution in [0, 0.1) is 18.3 Å². The van der Waals surface area contributed by atoms with Crippen molar-refractivity contribution in [3.05, 3.63) is 33.8 Å². The minimum absolute atomic E-state index is 0.674. The Labute approximate surface area is 88.5 Å². The number of hydrogen-bond acceptors (Lipinski definition) is 0. The van der Waals surface area contributed by atoms with Crippen molar-refractivity contribution in [3.63, 3.8) is 0 Å². The SMILES string of the molecule is C#Cc1ccc(CC(C)C)c(Br)c1. The van der Waals surface area contributed by atoms with Gasteiger partial charge < -0.3 is 0 Å². The molecular weight excluding hydrogens is 224 g/mol. The molecule has 0 N–H and O–H groups in total. The van der Waals surface area contributed by atoms with E-state index in [4.69, 9.17) is 6.42 Å². The van der Waals surface area contributed by atoms with E-state index in [1.807, 2.05) is 12.1 Å². The topological polar surface area (TPSA) is 0 Å². The summed E-state index contributed by atoms with van der Waals surface area (Å²) in [5.74, 6) is 3.29. The average molecular weight is 237 g/mol. The van der Waals surface area contributed by atoms with E-state index in [9.17, 15) is 0 Å². The molecule has 0 aliphatic carbocycles. The van der Waals surface area contributed by atoms with Crippen LogP contribution in [0.2, 0.25) is 0 Å². The summed E-state index contributed by atoms with van der Waals surface area (Å²) in [7, 11) is 0. The van der Waals surface area contributed by atoms with Crippen LogP contribution in [-0.2, 0) is 6.42 Å². The molecule has 0 amide bonds. The maximum atomic E-state index is 5.30. The molecule has 0 spiro atoms. The summed E-state index contributed by atoms with van der Waals surface area (Å²) in [5, 5.41) is 0. The van der Waals surface area contributed by atoms with E-state index >= 15 is 0 Å². The molecule has 0 radical (unpaired) electrons. The Morgan fingerprint density at radius 3 is 2.62 bits per heavy atom. The van der Waals surface area contributed by atoms with Crippen LogP contribution in [0.4, 0.5) is 0 Å². The van der Waals surface area contributed by atoms with E-state index < -0.39 is 0 Å². The fourth-order valence-electron chi connectivity index (χ4n) is 1.24. The summed E-state index contributed by atoms with van der Waals surface area (Å²) >= 11 is 3.52. The minimum Gasteiger partial charge on any atom is -0.115 e. The number of hydrogen-bond donors (Lipinski definition) is 0. The molecule has 0 saturated carbocycles. The van der Waals surface area contributed by atoms with E-state index in [0.717, 1.165) is 16.5 Å². The van der Waals surface area contributed by atoms with Gasteiger partial charge in [-0.3, -0.25) is 0 Å². The molecule has 0 bridgehead atoms. The second-order valence-electron chi connectivity index (χ2n) is 3.55. The summed E-state index contributed by atoms with van der Waals surface area (Å²) in [4.78, 5) is 0. The molecule has 0 aliphatic rings. The van der Waals surface area contributed by atoms with Gasteiger partial charge >= 0.3 is 0 Å². The molecule has 1 aromatic carbocycles. The lowest BCUT2D eigenvalue weighted by atomic mass is 10.0. The first-order valence-electron chi connectivity index (χ1n) is 4.38. The molecule has 0 nitrogen and oxygen atoms in total. The molecule has 0 saturated heterocycles. The molecule has 0 atom stereocenters. The van der Waals surface area contributed by atoms with Crippen LogP contribution in [0.1, 0.15) is 25.0 Å². The van der Waals surface area contributed by atoms with Gasteiger partial charge in [-0.1, -0.05) is 41.8 Å². The first-order chi connectivity index (χ1) is 6.13. The Kier molecular flexibility index (Phi) is 3.57. The quantitative estimate of drug-likeness (QED) is 0.689. The molecule has 0 aliphatic heterocycles. The summed E-state index contributed by atoms with van der Waals surface area (Å²) in [5.41, 5.74) is 2.26. The minimum atomic E-state index is 0.674. The van der Waals surface area contributed by atoms with Crippen LogP contribution < -0.4 is 0 Å². The fraction of sp³-hybridized carbons (Fsp3) is 0.333. The van der Waals surface area contributed by atoms with Crippen LogP contribution in [-0.4, -0.2) is 0 Å². The molecule has 0 unspecified atom stereocenters. The second kappa shape index (κ2) is 4.48. The Morgan fingerprint density at radius 1 is 1.46 bits per heavy atom. The van der Waals surface area contributed by atoms with E-state index in [0.29, 0.717) is 5.92 Å². The normalized spacial score (nSPS) is 10.1. The zero-order chi connectivity index (χ0) is 9.84. The Hall–Kier alpha value is -0.740. The fourth-order valence-corrected chi connectivity index (χ4v) is 1.78. The highest BCUT2D eigenvalue weighted by molar-refractivity contribution is 9.10. The third-order valence-electron chi connectivity index (χ3n) is 1.85. The van der Waals surface area contributed by atoms with Crippen molar-refractivity contribution in [2.24, 2.45) is 5.92 Å². The largest absolute Gasteiger partial charge is 0.115 e. The van der Waals surface area contributed by atoms with Crippen molar-refractivity contribution < 1.29 is 0 Å². The zero-order valence-electron chi connectivity index (χ0n) is 7.97. The van der Waals surface area contributed by atoms with Crippen molar-refractivity contribution in [3.8, 4) is 12.3 Å². The van der Waals surface area contributed by atoms with Crippen LogP contribution in [0.3, 0.4) is 0 Å². The van der Waals surface area contributed by atoms with Crippen LogP contribution in [0.25, 0.3) is 0 Å². The maximum absolute atomic E-state index is 5.30. The van der Waals surface area contributed by atoms with Gasteiger partial charge in [-0.25, -0.2) is 0 Å². The first kappa shape index (κ1) is 10.3. The van der Waals surface area contributed by atoms with Crippen molar-refractivity contribution in [1.82, 2.24) is 0 Å². The standard InChI is InChI=1S/C12H13Br/c1-4-10-5-6-11(7-9(2)3)12(13)8-10/h1,5-6,8-9H,7H2,2-3H3. The van der Waals surface area contributed by atoms with E-state index in [2.05, 4.69) is 41.8 Å². The van der Waals surface area contributed by atoms with Gasteiger partial charge in [0.05, 0.1) is 0 Å². The summed E-state index contributed by atoms with van der Waals surface area (Å²) in [6.07, 6.45) is 6.39. The molecule has 0 aromatic heterocycles. The van der Waals surface area contributed by atoms with Crippen molar-refractivity contribution in [2.45, 2.75) is 20.3 Å². The smallest absolute Gasteiger partial charge is 0.0254 e. The van der Waals surface area contributed by atoms with Crippen LogP contribution >= 0.6 is 15.9 Å². The molecule has 13 heavy (non-hydrogen) atoms. The third kappa shape index (κ3) is 2.90. The predicted molar refractivity (Wildman–Crippen MR) is 60.6 cm³/mol. The number of rotatable bonds is 2. The molecule has 1 heteroatoms. The van der Waals surface area contributed by atoms with Crippen LogP contribution in [0.15, 0.2) is 22.7 Å². The molecule has 1 aromatic rings. The van der Waals surface area contributed by atoms with Gasteiger partial charge in [-0.05, 0) is 30.0 Å². The van der Waals surface area contributed by atoms with Gasteiger partial charge in [0.25, 0.3) is 0 Å². The molecule has 0 fully saturated rings. The number of benzene rings is 1. The van der Waals surface area contributed by atoms with Gasteiger partial charge in [0.1, 0.15) is 0 Å². The highest BCUT2D eigenvalue weighted by atomic mass is 79.9. The second-order valence-corrected chi connectivity index (χ2v) is 4.40. The third-order valence-corrected chi connectivity index (χ3v) is 2.59. The zero-order valence-corrected chi connectivity index (χ0v) is 9.56. The lowest BCUT2D eigenvalue weighted by Gasteiger charge is -2.07. The van der Waals surface area contributed by atoms with Crippen molar-refractivity contribution in [1.29, 1.82) is 0 Å². The Balaban J connectivity index is 2.93. The molecular formula is C12H13Br. The van der Waals surface area contributed by atoms with Gasteiger partial charge in [-0.2, -0.15) is 0 Å². The van der Waals surface area contributed by atoms with Gasteiger partial charge in [0.15, 0.2) is 0 Å². The highest BCUT2D eigenvalue weighted by Crippen LogP contribution is 2.21. The number of halogens is 1. The van der Waals surface area contributed by atoms with E-state index in [-0.39, 0.29) is 0 Å². The monoisotopic (exact) mass is 236 g/mol. The molecule has 68 valence electrons. The van der Waals surface area contributed by atoms with Crippen molar-refractivity contribution in [2.75, 3.05) is 0 Å². The number of terminal acetylenes is 1. The predicted octanol–water partition coefficient (Wildman–Crippen LogP) is 3.63. The lowest BCUT2D eigenvalue weighted by Crippen LogP contribution is -1.95. The lowest BCUT2D eigenvalue weighted by molar-refractivity contribution is 0.645. The Bertz CT molecular complexity index is 331. The van der Waals surface area contributed by atoms with E-state index in [1.165, 1.54) is 5.56 Å². The van der Waals surface area contributed by atoms with Crippen LogP contribution in [0.5, 0.6) is 0 Å². The highest BCUT2D eigenvalue weighted by Gasteiger charge is 2.02. The first-order valence-corrected chi connectivity index (χ1v) is 5.18. The Morgan fingerprint density at radius 2 is 2.15 bits per heavy atom. The molecule has 1 rings (SSSR count).